The Morgan fingerprint density at radius 1 is 1.43 bits per heavy atom. The van der Waals surface area contributed by atoms with Crippen molar-refractivity contribution in [3.63, 3.8) is 0 Å². The van der Waals surface area contributed by atoms with Crippen LogP contribution in [0.4, 0.5) is 0 Å². The molecular weight excluding hydrogens is 176 g/mol. The number of hydrogen-bond acceptors (Lipinski definition) is 3. The quantitative estimate of drug-likeness (QED) is 0.673. The van der Waals surface area contributed by atoms with Crippen LogP contribution in [0.3, 0.4) is 0 Å². The van der Waals surface area contributed by atoms with E-state index in [1.54, 1.807) is 0 Å². The molecule has 1 heterocycles. The second-order valence-corrected chi connectivity index (χ2v) is 4.04. The zero-order chi connectivity index (χ0) is 10.2. The first-order chi connectivity index (χ1) is 6.83. The highest BCUT2D eigenvalue weighted by molar-refractivity contribution is 4.71. The predicted octanol–water partition coefficient (Wildman–Crippen LogP) is 1.10. The first-order valence-corrected chi connectivity index (χ1v) is 5.86. The topological polar surface area (TPSA) is 24.5 Å². The molecule has 1 rings (SSSR count). The Morgan fingerprint density at radius 2 is 2.29 bits per heavy atom. The Bertz CT molecular complexity index is 141. The van der Waals surface area contributed by atoms with Gasteiger partial charge in [-0.25, -0.2) is 0 Å². The summed E-state index contributed by atoms with van der Waals surface area (Å²) in [6.07, 6.45) is 2.44. The molecule has 0 aromatic heterocycles. The van der Waals surface area contributed by atoms with E-state index in [9.17, 15) is 0 Å². The van der Waals surface area contributed by atoms with Crippen LogP contribution in [0.2, 0.25) is 0 Å². The molecule has 1 unspecified atom stereocenters. The van der Waals surface area contributed by atoms with Crippen LogP contribution < -0.4 is 5.32 Å². The van der Waals surface area contributed by atoms with Crippen molar-refractivity contribution in [1.82, 2.24) is 10.2 Å². The van der Waals surface area contributed by atoms with Gasteiger partial charge in [-0.1, -0.05) is 0 Å². The molecule has 1 aliphatic rings. The van der Waals surface area contributed by atoms with E-state index >= 15 is 0 Å². The smallest absolute Gasteiger partial charge is 0.0478 e. The number of hydrogen-bond donors (Lipinski definition) is 1. The minimum Gasteiger partial charge on any atom is -0.382 e. The summed E-state index contributed by atoms with van der Waals surface area (Å²) in [5.74, 6) is 0. The molecule has 0 radical (unpaired) electrons. The highest BCUT2D eigenvalue weighted by Crippen LogP contribution is 2.01. The van der Waals surface area contributed by atoms with E-state index in [1.807, 2.05) is 0 Å². The van der Waals surface area contributed by atoms with Crippen molar-refractivity contribution in [2.24, 2.45) is 0 Å². The van der Waals surface area contributed by atoms with Crippen LogP contribution in [-0.4, -0.2) is 50.3 Å². The van der Waals surface area contributed by atoms with Crippen molar-refractivity contribution >= 4 is 0 Å². The monoisotopic (exact) mass is 200 g/mol. The normalized spacial score (nSPS) is 24.9. The molecule has 1 N–H and O–H groups in total. The molecule has 1 atom stereocenters. The first-order valence-electron chi connectivity index (χ1n) is 5.86. The van der Waals surface area contributed by atoms with E-state index in [2.05, 4.69) is 24.1 Å². The molecule has 84 valence electrons. The molecule has 1 aliphatic heterocycles. The van der Waals surface area contributed by atoms with Crippen LogP contribution in [0.5, 0.6) is 0 Å². The van der Waals surface area contributed by atoms with Crippen LogP contribution >= 0.6 is 0 Å². The maximum atomic E-state index is 5.33. The molecule has 3 nitrogen and oxygen atoms in total. The van der Waals surface area contributed by atoms with E-state index in [0.29, 0.717) is 6.04 Å². The standard InChI is InChI=1S/C11H24N2O/c1-3-14-10-4-7-13-8-5-11(2)12-6-9-13/h11-12H,3-10H2,1-2H3. The lowest BCUT2D eigenvalue weighted by Crippen LogP contribution is -2.30. The van der Waals surface area contributed by atoms with E-state index < -0.39 is 0 Å². The third-order valence-corrected chi connectivity index (χ3v) is 2.77. The van der Waals surface area contributed by atoms with Gasteiger partial charge < -0.3 is 15.0 Å². The van der Waals surface area contributed by atoms with E-state index in [4.69, 9.17) is 4.74 Å². The van der Waals surface area contributed by atoms with Gasteiger partial charge in [-0.15, -0.1) is 0 Å². The van der Waals surface area contributed by atoms with Crippen LogP contribution in [0.15, 0.2) is 0 Å². The van der Waals surface area contributed by atoms with Gasteiger partial charge in [0, 0.05) is 38.9 Å². The van der Waals surface area contributed by atoms with Crippen molar-refractivity contribution in [2.75, 3.05) is 39.4 Å². The molecule has 1 fully saturated rings. The molecule has 1 saturated heterocycles. The summed E-state index contributed by atoms with van der Waals surface area (Å²) in [4.78, 5) is 2.54. The molecule has 0 aliphatic carbocycles. The highest BCUT2D eigenvalue weighted by Gasteiger charge is 2.11. The van der Waals surface area contributed by atoms with Crippen LogP contribution in [0.25, 0.3) is 0 Å². The Balaban J connectivity index is 2.05. The van der Waals surface area contributed by atoms with E-state index in [0.717, 1.165) is 19.8 Å². The Morgan fingerprint density at radius 3 is 3.07 bits per heavy atom. The maximum absolute atomic E-state index is 5.33. The fourth-order valence-corrected chi connectivity index (χ4v) is 1.82. The van der Waals surface area contributed by atoms with Crippen LogP contribution in [-0.2, 0) is 4.74 Å². The first kappa shape index (κ1) is 12.0. The fraction of sp³-hybridized carbons (Fsp3) is 1.00. The van der Waals surface area contributed by atoms with Crippen molar-refractivity contribution in [3.8, 4) is 0 Å². The van der Waals surface area contributed by atoms with Crippen molar-refractivity contribution in [1.29, 1.82) is 0 Å². The molecule has 14 heavy (non-hydrogen) atoms. The van der Waals surface area contributed by atoms with Crippen LogP contribution in [0, 0.1) is 0 Å². The summed E-state index contributed by atoms with van der Waals surface area (Å²) < 4.78 is 5.33. The predicted molar refractivity (Wildman–Crippen MR) is 59.6 cm³/mol. The number of rotatable bonds is 5. The molecule has 0 aromatic carbocycles. The van der Waals surface area contributed by atoms with Crippen molar-refractivity contribution < 1.29 is 4.74 Å². The van der Waals surface area contributed by atoms with Gasteiger partial charge in [0.25, 0.3) is 0 Å². The second kappa shape index (κ2) is 7.21. The summed E-state index contributed by atoms with van der Waals surface area (Å²) in [5, 5.41) is 3.50. The second-order valence-electron chi connectivity index (χ2n) is 4.04. The largest absolute Gasteiger partial charge is 0.382 e. The van der Waals surface area contributed by atoms with Crippen LogP contribution in [0.1, 0.15) is 26.7 Å². The van der Waals surface area contributed by atoms with Gasteiger partial charge in [-0.05, 0) is 33.2 Å². The highest BCUT2D eigenvalue weighted by atomic mass is 16.5. The molecule has 3 heteroatoms. The Hall–Kier alpha value is -0.120. The Kier molecular flexibility index (Phi) is 6.15. The SMILES string of the molecule is CCOCCCN1CCNC(C)CC1. The minimum absolute atomic E-state index is 0.687. The average Bonchev–Trinajstić information content (AvgIpc) is 2.38. The lowest BCUT2D eigenvalue weighted by molar-refractivity contribution is 0.133. The lowest BCUT2D eigenvalue weighted by Gasteiger charge is -2.19. The molecular formula is C11H24N2O. The third kappa shape index (κ3) is 4.94. The minimum atomic E-state index is 0.687. The number of nitrogens with zero attached hydrogens (tertiary/aromatic N) is 1. The zero-order valence-corrected chi connectivity index (χ0v) is 9.59. The summed E-state index contributed by atoms with van der Waals surface area (Å²) in [6.45, 7) is 10.8. The van der Waals surface area contributed by atoms with Crippen molar-refractivity contribution in [3.05, 3.63) is 0 Å². The van der Waals surface area contributed by atoms with Crippen molar-refractivity contribution in [2.45, 2.75) is 32.7 Å². The maximum Gasteiger partial charge on any atom is 0.0478 e. The zero-order valence-electron chi connectivity index (χ0n) is 9.59. The summed E-state index contributed by atoms with van der Waals surface area (Å²) in [6, 6.07) is 0.687. The molecule has 0 amide bonds. The summed E-state index contributed by atoms with van der Waals surface area (Å²) in [7, 11) is 0. The molecule has 0 spiro atoms. The van der Waals surface area contributed by atoms with Gasteiger partial charge in [0.15, 0.2) is 0 Å². The third-order valence-electron chi connectivity index (χ3n) is 2.77. The molecule has 0 aromatic rings. The van der Waals surface area contributed by atoms with Gasteiger partial charge in [0.1, 0.15) is 0 Å². The van der Waals surface area contributed by atoms with Gasteiger partial charge in [0.05, 0.1) is 0 Å². The summed E-state index contributed by atoms with van der Waals surface area (Å²) in [5.41, 5.74) is 0. The van der Waals surface area contributed by atoms with E-state index in [-0.39, 0.29) is 0 Å². The average molecular weight is 200 g/mol. The number of ether oxygens (including phenoxy) is 1. The fourth-order valence-electron chi connectivity index (χ4n) is 1.82. The summed E-state index contributed by atoms with van der Waals surface area (Å²) >= 11 is 0. The molecule has 0 saturated carbocycles. The van der Waals surface area contributed by atoms with Gasteiger partial charge >= 0.3 is 0 Å². The van der Waals surface area contributed by atoms with Gasteiger partial charge in [0.2, 0.25) is 0 Å². The number of nitrogens with one attached hydrogen (secondary N) is 1. The lowest BCUT2D eigenvalue weighted by atomic mass is 10.2. The van der Waals surface area contributed by atoms with Gasteiger partial charge in [-0.2, -0.15) is 0 Å². The molecule has 0 bridgehead atoms. The van der Waals surface area contributed by atoms with Gasteiger partial charge in [-0.3, -0.25) is 0 Å². The van der Waals surface area contributed by atoms with E-state index in [1.165, 1.54) is 32.5 Å². The Labute approximate surface area is 87.8 Å².